The van der Waals surface area contributed by atoms with Gasteiger partial charge in [0.05, 0.1) is 12.3 Å². The zero-order valence-corrected chi connectivity index (χ0v) is 11.4. The van der Waals surface area contributed by atoms with E-state index < -0.39 is 0 Å². The number of hydrogen-bond donors (Lipinski definition) is 0. The van der Waals surface area contributed by atoms with Crippen LogP contribution < -0.4 is 0 Å². The number of esters is 2. The Hall–Kier alpha value is -1.32. The topological polar surface area (TPSA) is 52.6 Å². The fourth-order valence-corrected chi connectivity index (χ4v) is 3.99. The smallest absolute Gasteiger partial charge is 0.309 e. The van der Waals surface area contributed by atoms with Crippen molar-refractivity contribution in [2.45, 2.75) is 45.3 Å². The maximum absolute atomic E-state index is 11.8. The number of carbonyl (C=O) groups is 2. The molecule has 3 aliphatic rings. The van der Waals surface area contributed by atoms with E-state index in [0.717, 1.165) is 18.4 Å². The Morgan fingerprint density at radius 3 is 2.68 bits per heavy atom. The first-order chi connectivity index (χ1) is 8.99. The summed E-state index contributed by atoms with van der Waals surface area (Å²) in [6.07, 6.45) is 1.86. The van der Waals surface area contributed by atoms with E-state index >= 15 is 0 Å². The third kappa shape index (κ3) is 1.88. The van der Waals surface area contributed by atoms with E-state index in [4.69, 9.17) is 9.47 Å². The number of allylic oxidation sites excluding steroid dienone is 1. The largest absolute Gasteiger partial charge is 0.462 e. The van der Waals surface area contributed by atoms with E-state index in [9.17, 15) is 9.59 Å². The molecule has 2 aliphatic heterocycles. The van der Waals surface area contributed by atoms with E-state index in [1.807, 2.05) is 13.8 Å². The predicted octanol–water partition coefficient (Wildman–Crippen LogP) is 2.08. The van der Waals surface area contributed by atoms with Gasteiger partial charge in [0.15, 0.2) is 0 Å². The third-order valence-corrected chi connectivity index (χ3v) is 5.10. The molecule has 0 N–H and O–H groups in total. The maximum atomic E-state index is 11.8. The summed E-state index contributed by atoms with van der Waals surface area (Å²) in [6, 6.07) is 0. The first kappa shape index (κ1) is 12.7. The molecule has 2 saturated heterocycles. The molecule has 0 amide bonds. The van der Waals surface area contributed by atoms with Gasteiger partial charge in [-0.05, 0) is 25.7 Å². The average molecular weight is 264 g/mol. The van der Waals surface area contributed by atoms with Crippen LogP contribution in [0.4, 0.5) is 0 Å². The van der Waals surface area contributed by atoms with Crippen LogP contribution in [0.1, 0.15) is 33.1 Å². The Labute approximate surface area is 113 Å². The van der Waals surface area contributed by atoms with Crippen molar-refractivity contribution in [2.24, 2.45) is 23.7 Å². The lowest BCUT2D eigenvalue weighted by atomic mass is 9.74. The van der Waals surface area contributed by atoms with Gasteiger partial charge in [-0.3, -0.25) is 9.59 Å². The van der Waals surface area contributed by atoms with Gasteiger partial charge < -0.3 is 9.47 Å². The Morgan fingerprint density at radius 2 is 1.95 bits per heavy atom. The molecule has 0 radical (unpaired) electrons. The van der Waals surface area contributed by atoms with Crippen molar-refractivity contribution >= 4 is 11.9 Å². The van der Waals surface area contributed by atoms with Crippen molar-refractivity contribution in [1.82, 2.24) is 0 Å². The zero-order chi connectivity index (χ0) is 13.7. The molecule has 0 aromatic rings. The number of fused-ring (bicyclic) bond motifs is 3. The van der Waals surface area contributed by atoms with E-state index in [1.165, 1.54) is 0 Å². The normalized spacial score (nSPS) is 45.9. The molecule has 104 valence electrons. The first-order valence-corrected chi connectivity index (χ1v) is 7.06. The standard InChI is InChI=1S/C15H20O4/c1-7-4-5-10-8(2)15(17)19-14(10)13-9(3)18-12(16)6-11(7)13/h8-11,13-14H,1,4-6H2,2-3H3/t8-,9-,10-,11-,13-,14+/m0/s1. The monoisotopic (exact) mass is 264 g/mol. The highest BCUT2D eigenvalue weighted by atomic mass is 16.6. The molecule has 4 nitrogen and oxygen atoms in total. The maximum Gasteiger partial charge on any atom is 0.309 e. The summed E-state index contributed by atoms with van der Waals surface area (Å²) < 4.78 is 11.0. The lowest BCUT2D eigenvalue weighted by Gasteiger charge is -2.38. The Morgan fingerprint density at radius 1 is 1.21 bits per heavy atom. The van der Waals surface area contributed by atoms with Gasteiger partial charge in [-0.15, -0.1) is 0 Å². The van der Waals surface area contributed by atoms with Gasteiger partial charge in [0.2, 0.25) is 0 Å². The molecule has 3 fully saturated rings. The molecule has 3 rings (SSSR count). The van der Waals surface area contributed by atoms with Gasteiger partial charge >= 0.3 is 11.9 Å². The van der Waals surface area contributed by atoms with Crippen LogP contribution in [0.3, 0.4) is 0 Å². The third-order valence-electron chi connectivity index (χ3n) is 5.10. The lowest BCUT2D eigenvalue weighted by molar-refractivity contribution is -0.168. The molecule has 6 atom stereocenters. The van der Waals surface area contributed by atoms with Gasteiger partial charge in [0, 0.05) is 11.8 Å². The highest BCUT2D eigenvalue weighted by Crippen LogP contribution is 2.48. The van der Waals surface area contributed by atoms with E-state index in [-0.39, 0.29) is 47.8 Å². The number of rotatable bonds is 0. The second kappa shape index (κ2) is 4.36. The minimum Gasteiger partial charge on any atom is -0.462 e. The zero-order valence-electron chi connectivity index (χ0n) is 11.4. The minimum absolute atomic E-state index is 0.0543. The van der Waals surface area contributed by atoms with Gasteiger partial charge in [-0.1, -0.05) is 19.1 Å². The van der Waals surface area contributed by atoms with E-state index in [2.05, 4.69) is 6.58 Å². The molecular formula is C15H20O4. The Bertz CT molecular complexity index is 441. The van der Waals surface area contributed by atoms with Crippen molar-refractivity contribution in [2.75, 3.05) is 0 Å². The van der Waals surface area contributed by atoms with E-state index in [0.29, 0.717) is 6.42 Å². The first-order valence-electron chi connectivity index (χ1n) is 7.06. The van der Waals surface area contributed by atoms with Gasteiger partial charge in [0.1, 0.15) is 12.2 Å². The van der Waals surface area contributed by atoms with Crippen LogP contribution in [-0.2, 0) is 19.1 Å². The number of cyclic esters (lactones) is 1. The van der Waals surface area contributed by atoms with Crippen LogP contribution in [-0.4, -0.2) is 24.1 Å². The fraction of sp³-hybridized carbons (Fsp3) is 0.733. The molecule has 0 bridgehead atoms. The summed E-state index contributed by atoms with van der Waals surface area (Å²) in [7, 11) is 0. The van der Waals surface area contributed by atoms with Crippen LogP contribution in [0.5, 0.6) is 0 Å². The molecule has 0 aromatic carbocycles. The number of hydrogen-bond acceptors (Lipinski definition) is 4. The summed E-state index contributed by atoms with van der Waals surface area (Å²) >= 11 is 0. The molecule has 4 heteroatoms. The molecule has 0 aromatic heterocycles. The summed E-state index contributed by atoms with van der Waals surface area (Å²) in [5.41, 5.74) is 1.12. The summed E-state index contributed by atoms with van der Waals surface area (Å²) in [5.74, 6) is 0.0897. The fourth-order valence-electron chi connectivity index (χ4n) is 3.99. The molecule has 19 heavy (non-hydrogen) atoms. The van der Waals surface area contributed by atoms with Crippen molar-refractivity contribution in [1.29, 1.82) is 0 Å². The molecule has 0 spiro atoms. The Balaban J connectivity index is 1.96. The summed E-state index contributed by atoms with van der Waals surface area (Å²) in [5, 5.41) is 0. The predicted molar refractivity (Wildman–Crippen MR) is 68.1 cm³/mol. The lowest BCUT2D eigenvalue weighted by Crippen LogP contribution is -2.45. The molecular weight excluding hydrogens is 244 g/mol. The van der Waals surface area contributed by atoms with Crippen molar-refractivity contribution in [3.63, 3.8) is 0 Å². The summed E-state index contributed by atoms with van der Waals surface area (Å²) in [4.78, 5) is 23.5. The van der Waals surface area contributed by atoms with E-state index in [1.54, 1.807) is 0 Å². The molecule has 1 saturated carbocycles. The minimum atomic E-state index is -0.202. The number of ether oxygens (including phenoxy) is 2. The van der Waals surface area contributed by atoms with Gasteiger partial charge in [-0.2, -0.15) is 0 Å². The van der Waals surface area contributed by atoms with Crippen LogP contribution in [0.2, 0.25) is 0 Å². The van der Waals surface area contributed by atoms with Gasteiger partial charge in [0.25, 0.3) is 0 Å². The van der Waals surface area contributed by atoms with Crippen LogP contribution in [0.25, 0.3) is 0 Å². The molecule has 2 heterocycles. The van der Waals surface area contributed by atoms with Crippen LogP contribution in [0, 0.1) is 23.7 Å². The van der Waals surface area contributed by atoms with Crippen LogP contribution in [0.15, 0.2) is 12.2 Å². The molecule has 1 aliphatic carbocycles. The Kier molecular flexibility index (Phi) is 2.91. The van der Waals surface area contributed by atoms with Crippen LogP contribution >= 0.6 is 0 Å². The highest BCUT2D eigenvalue weighted by Gasteiger charge is 2.53. The second-order valence-corrected chi connectivity index (χ2v) is 6.13. The average Bonchev–Trinajstić information content (AvgIpc) is 2.53. The van der Waals surface area contributed by atoms with Crippen molar-refractivity contribution < 1.29 is 19.1 Å². The SMILES string of the molecule is C=C1CC[C@@H]2[C@@H](OC(=O)[C@H]2C)[C@H]2[C@H](C)OC(=O)C[C@@H]12. The van der Waals surface area contributed by atoms with Crippen molar-refractivity contribution in [3.05, 3.63) is 12.2 Å². The number of carbonyl (C=O) groups excluding carboxylic acids is 2. The summed E-state index contributed by atoms with van der Waals surface area (Å²) in [6.45, 7) is 7.99. The highest BCUT2D eigenvalue weighted by molar-refractivity contribution is 5.75. The van der Waals surface area contributed by atoms with Gasteiger partial charge in [-0.25, -0.2) is 0 Å². The molecule has 0 unspecified atom stereocenters. The van der Waals surface area contributed by atoms with Crippen molar-refractivity contribution in [3.8, 4) is 0 Å². The quantitative estimate of drug-likeness (QED) is 0.496. The second-order valence-electron chi connectivity index (χ2n) is 6.13.